The molecule has 6 rings (SSSR count). The van der Waals surface area contributed by atoms with Crippen LogP contribution < -0.4 is 4.90 Å². The molecule has 0 saturated heterocycles. The Balaban J connectivity index is 1.68. The van der Waals surface area contributed by atoms with Gasteiger partial charge in [-0.1, -0.05) is 48.5 Å². The van der Waals surface area contributed by atoms with Crippen LogP contribution in [0.15, 0.2) is 103 Å². The molecule has 0 bridgehead atoms. The van der Waals surface area contributed by atoms with E-state index in [1.807, 2.05) is 84.6 Å². The Hall–Kier alpha value is -4.42. The standard InChI is InChI=1S/C30H25N3O3/c1-3-36-30-29(35-2)28(34)27-21(19-15-17-31-23-12-6-4-9-20(19)23)11-8-14-26(27)33(30)25-16-18-32-24-13-7-5-10-22(24)25/h4-18,28,34H,3H2,1-2H3. The van der Waals surface area contributed by atoms with Gasteiger partial charge in [-0.25, -0.2) is 0 Å². The van der Waals surface area contributed by atoms with Crippen LogP contribution in [0.2, 0.25) is 0 Å². The second kappa shape index (κ2) is 8.98. The molecule has 2 aromatic heterocycles. The van der Waals surface area contributed by atoms with Gasteiger partial charge in [0.25, 0.3) is 0 Å². The van der Waals surface area contributed by atoms with E-state index in [1.165, 1.54) is 0 Å². The summed E-state index contributed by atoms with van der Waals surface area (Å²) in [6.45, 7) is 2.34. The zero-order valence-electron chi connectivity index (χ0n) is 20.1. The van der Waals surface area contributed by atoms with Crippen LogP contribution >= 0.6 is 0 Å². The molecule has 1 aliphatic rings. The first-order valence-electron chi connectivity index (χ1n) is 11.9. The number of pyridine rings is 2. The highest BCUT2D eigenvalue weighted by molar-refractivity contribution is 5.99. The first kappa shape index (κ1) is 22.1. The van der Waals surface area contributed by atoms with Crippen molar-refractivity contribution in [3.63, 3.8) is 0 Å². The Labute approximate surface area is 209 Å². The van der Waals surface area contributed by atoms with Gasteiger partial charge in [0.1, 0.15) is 6.10 Å². The van der Waals surface area contributed by atoms with Gasteiger partial charge in [-0.3, -0.25) is 14.9 Å². The van der Waals surface area contributed by atoms with Crippen molar-refractivity contribution in [3.8, 4) is 11.1 Å². The third-order valence-corrected chi connectivity index (χ3v) is 6.57. The summed E-state index contributed by atoms with van der Waals surface area (Å²) in [5, 5.41) is 13.7. The van der Waals surface area contributed by atoms with E-state index in [-0.39, 0.29) is 0 Å². The van der Waals surface area contributed by atoms with Crippen LogP contribution in [-0.2, 0) is 9.47 Å². The molecule has 1 unspecified atom stereocenters. The Morgan fingerprint density at radius 1 is 0.778 bits per heavy atom. The summed E-state index contributed by atoms with van der Waals surface area (Å²) in [7, 11) is 1.57. The molecule has 1 atom stereocenters. The third kappa shape index (κ3) is 3.38. The number of methoxy groups -OCH3 is 1. The van der Waals surface area contributed by atoms with Crippen molar-refractivity contribution >= 4 is 33.2 Å². The number of hydrogen-bond donors (Lipinski definition) is 1. The normalized spacial score (nSPS) is 15.3. The highest BCUT2D eigenvalue weighted by Gasteiger charge is 2.37. The lowest BCUT2D eigenvalue weighted by Gasteiger charge is -2.37. The Morgan fingerprint density at radius 3 is 2.22 bits per heavy atom. The van der Waals surface area contributed by atoms with Crippen LogP contribution in [0.1, 0.15) is 18.6 Å². The van der Waals surface area contributed by atoms with E-state index in [9.17, 15) is 5.11 Å². The smallest absolute Gasteiger partial charge is 0.241 e. The number of aliphatic hydroxyl groups is 1. The zero-order valence-corrected chi connectivity index (χ0v) is 20.1. The van der Waals surface area contributed by atoms with Crippen LogP contribution in [-0.4, -0.2) is 28.8 Å². The summed E-state index contributed by atoms with van der Waals surface area (Å²) >= 11 is 0. The summed E-state index contributed by atoms with van der Waals surface area (Å²) in [5.41, 5.74) is 6.12. The number of aliphatic hydroxyl groups excluding tert-OH is 1. The summed E-state index contributed by atoms with van der Waals surface area (Å²) in [4.78, 5) is 11.1. The molecule has 1 N–H and O–H groups in total. The van der Waals surface area contributed by atoms with Gasteiger partial charge in [0.05, 0.1) is 36.1 Å². The van der Waals surface area contributed by atoms with Crippen molar-refractivity contribution in [2.75, 3.05) is 18.6 Å². The van der Waals surface area contributed by atoms with Gasteiger partial charge in [-0.2, -0.15) is 0 Å². The SMILES string of the molecule is CCOC1=C(OC)C(O)c2c(-c3ccnc4ccccc34)cccc2N1c1ccnc2ccccc12. The summed E-state index contributed by atoms with van der Waals surface area (Å²) in [6.07, 6.45) is 2.58. The van der Waals surface area contributed by atoms with Crippen LogP contribution in [0.25, 0.3) is 32.9 Å². The van der Waals surface area contributed by atoms with Gasteiger partial charge < -0.3 is 14.6 Å². The fourth-order valence-corrected chi connectivity index (χ4v) is 5.05. The molecule has 1 aliphatic heterocycles. The number of ether oxygens (including phenoxy) is 2. The highest BCUT2D eigenvalue weighted by atomic mass is 16.5. The molecule has 6 heteroatoms. The Bertz CT molecular complexity index is 1620. The Morgan fingerprint density at radius 2 is 1.47 bits per heavy atom. The monoisotopic (exact) mass is 475 g/mol. The number of hydrogen-bond acceptors (Lipinski definition) is 6. The molecule has 0 aliphatic carbocycles. The van der Waals surface area contributed by atoms with Crippen molar-refractivity contribution in [1.29, 1.82) is 0 Å². The van der Waals surface area contributed by atoms with Crippen molar-refractivity contribution in [2.24, 2.45) is 0 Å². The minimum atomic E-state index is -1.01. The third-order valence-electron chi connectivity index (χ3n) is 6.57. The lowest BCUT2D eigenvalue weighted by Crippen LogP contribution is -2.29. The van der Waals surface area contributed by atoms with E-state index in [0.29, 0.717) is 18.2 Å². The van der Waals surface area contributed by atoms with E-state index < -0.39 is 6.10 Å². The van der Waals surface area contributed by atoms with Crippen LogP contribution in [0.3, 0.4) is 0 Å². The molecule has 0 fully saturated rings. The number of benzene rings is 3. The molecule has 0 saturated carbocycles. The zero-order chi connectivity index (χ0) is 24.6. The lowest BCUT2D eigenvalue weighted by atomic mass is 9.89. The first-order valence-corrected chi connectivity index (χ1v) is 11.9. The molecular weight excluding hydrogens is 450 g/mol. The molecule has 36 heavy (non-hydrogen) atoms. The number of aromatic nitrogens is 2. The largest absolute Gasteiger partial charge is 0.493 e. The quantitative estimate of drug-likeness (QED) is 0.314. The Kier molecular flexibility index (Phi) is 5.51. The van der Waals surface area contributed by atoms with Crippen molar-refractivity contribution < 1.29 is 14.6 Å². The molecule has 6 nitrogen and oxygen atoms in total. The fourth-order valence-electron chi connectivity index (χ4n) is 5.05. The maximum atomic E-state index is 11.7. The van der Waals surface area contributed by atoms with E-state index in [2.05, 4.69) is 16.0 Å². The minimum Gasteiger partial charge on any atom is -0.493 e. The molecule has 178 valence electrons. The van der Waals surface area contributed by atoms with Gasteiger partial charge >= 0.3 is 0 Å². The fraction of sp³-hybridized carbons (Fsp3) is 0.133. The molecule has 0 spiro atoms. The van der Waals surface area contributed by atoms with E-state index in [4.69, 9.17) is 9.47 Å². The van der Waals surface area contributed by atoms with Crippen LogP contribution in [0, 0.1) is 0 Å². The predicted octanol–water partition coefficient (Wildman–Crippen LogP) is 6.49. The van der Waals surface area contributed by atoms with Crippen molar-refractivity contribution in [3.05, 3.63) is 108 Å². The van der Waals surface area contributed by atoms with Crippen LogP contribution in [0.4, 0.5) is 11.4 Å². The maximum Gasteiger partial charge on any atom is 0.241 e. The number of nitrogens with zero attached hydrogens (tertiary/aromatic N) is 3. The average Bonchev–Trinajstić information content (AvgIpc) is 2.93. The number of rotatable bonds is 5. The van der Waals surface area contributed by atoms with Crippen LogP contribution in [0.5, 0.6) is 0 Å². The van der Waals surface area contributed by atoms with Gasteiger partial charge in [-0.05, 0) is 48.4 Å². The topological polar surface area (TPSA) is 67.7 Å². The predicted molar refractivity (Wildman–Crippen MR) is 142 cm³/mol. The first-order chi connectivity index (χ1) is 17.7. The second-order valence-corrected chi connectivity index (χ2v) is 8.51. The number of anilines is 2. The molecule has 0 amide bonds. The summed E-state index contributed by atoms with van der Waals surface area (Å²) < 4.78 is 11.9. The molecule has 0 radical (unpaired) electrons. The van der Waals surface area contributed by atoms with Crippen molar-refractivity contribution in [1.82, 2.24) is 9.97 Å². The van der Waals surface area contributed by atoms with Crippen molar-refractivity contribution in [2.45, 2.75) is 13.0 Å². The number of fused-ring (bicyclic) bond motifs is 3. The van der Waals surface area contributed by atoms with Gasteiger partial charge in [-0.15, -0.1) is 0 Å². The van der Waals surface area contributed by atoms with Gasteiger partial charge in [0.2, 0.25) is 5.88 Å². The number of para-hydroxylation sites is 2. The van der Waals surface area contributed by atoms with E-state index in [0.717, 1.165) is 49.9 Å². The van der Waals surface area contributed by atoms with Gasteiger partial charge in [0, 0.05) is 28.7 Å². The second-order valence-electron chi connectivity index (χ2n) is 8.51. The summed E-state index contributed by atoms with van der Waals surface area (Å²) in [5.74, 6) is 0.823. The highest BCUT2D eigenvalue weighted by Crippen LogP contribution is 2.49. The summed E-state index contributed by atoms with van der Waals surface area (Å²) in [6, 6.07) is 26.0. The van der Waals surface area contributed by atoms with E-state index in [1.54, 1.807) is 19.5 Å². The maximum absolute atomic E-state index is 11.7. The van der Waals surface area contributed by atoms with Gasteiger partial charge in [0.15, 0.2) is 5.76 Å². The molecule has 3 aromatic carbocycles. The average molecular weight is 476 g/mol. The lowest BCUT2D eigenvalue weighted by molar-refractivity contribution is 0.0964. The molecular formula is C30H25N3O3. The molecule has 5 aromatic rings. The van der Waals surface area contributed by atoms with E-state index >= 15 is 0 Å². The minimum absolute atomic E-state index is 0.357. The molecule has 3 heterocycles.